The Bertz CT molecular complexity index is 316. The molecule has 1 aliphatic carbocycles. The zero-order valence-electron chi connectivity index (χ0n) is 15.0. The van der Waals surface area contributed by atoms with Gasteiger partial charge in [0.05, 0.1) is 5.71 Å². The summed E-state index contributed by atoms with van der Waals surface area (Å²) in [5.41, 5.74) is 6.29. The Labute approximate surface area is 154 Å². The molecule has 2 aliphatic rings. The fourth-order valence-corrected chi connectivity index (χ4v) is 3.63. The lowest BCUT2D eigenvalue weighted by Gasteiger charge is -2.12. The number of hydrogen-bond donors (Lipinski definition) is 1. The van der Waals surface area contributed by atoms with Gasteiger partial charge in [-0.3, -0.25) is 0 Å². The molecule has 0 aromatic carbocycles. The predicted molar refractivity (Wildman–Crippen MR) is 108 cm³/mol. The molecule has 0 atom stereocenters. The van der Waals surface area contributed by atoms with E-state index in [9.17, 15) is 0 Å². The molecule has 0 radical (unpaired) electrons. The highest BCUT2D eigenvalue weighted by Gasteiger charge is 2.09. The molecule has 0 unspecified atom stereocenters. The molecular formula is C20H37BrN2. The van der Waals surface area contributed by atoms with Crippen LogP contribution in [-0.4, -0.2) is 12.3 Å². The lowest BCUT2D eigenvalue weighted by molar-refractivity contribution is 0.586. The lowest BCUT2D eigenvalue weighted by atomic mass is 9.97. The largest absolute Gasteiger partial charge is 0.310 e. The van der Waals surface area contributed by atoms with Gasteiger partial charge in [0.2, 0.25) is 0 Å². The van der Waals surface area contributed by atoms with Crippen LogP contribution in [0.5, 0.6) is 0 Å². The van der Waals surface area contributed by atoms with Gasteiger partial charge in [-0.1, -0.05) is 63.9 Å². The molecule has 0 saturated carbocycles. The molecule has 1 N–H and O–H groups in total. The summed E-state index contributed by atoms with van der Waals surface area (Å²) < 4.78 is 0. The third-order valence-electron chi connectivity index (χ3n) is 5.08. The first-order valence-corrected chi connectivity index (χ1v) is 9.95. The Kier molecular flexibility index (Phi) is 12.7. The number of nitrogens with zero attached hydrogens (tertiary/aromatic N) is 1. The minimum atomic E-state index is 0. The Morgan fingerprint density at radius 1 is 0.652 bits per heavy atom. The van der Waals surface area contributed by atoms with Crippen molar-refractivity contribution in [1.29, 1.82) is 0 Å². The summed E-state index contributed by atoms with van der Waals surface area (Å²) in [5.74, 6) is 0. The quantitative estimate of drug-likeness (QED) is 0.533. The van der Waals surface area contributed by atoms with Crippen LogP contribution >= 0.6 is 17.0 Å². The van der Waals surface area contributed by atoms with E-state index in [1.807, 2.05) is 0 Å². The van der Waals surface area contributed by atoms with Gasteiger partial charge in [-0.15, -0.1) is 17.0 Å². The van der Waals surface area contributed by atoms with Gasteiger partial charge in [0.25, 0.3) is 0 Å². The highest BCUT2D eigenvalue weighted by Crippen LogP contribution is 2.20. The molecule has 134 valence electrons. The fourth-order valence-electron chi connectivity index (χ4n) is 3.63. The van der Waals surface area contributed by atoms with Crippen LogP contribution in [-0.2, 0) is 0 Å². The van der Waals surface area contributed by atoms with E-state index in [1.54, 1.807) is 5.57 Å². The van der Waals surface area contributed by atoms with Gasteiger partial charge in [-0.05, 0) is 50.5 Å². The molecule has 0 saturated heterocycles. The van der Waals surface area contributed by atoms with Crippen LogP contribution in [0.15, 0.2) is 16.8 Å². The average molecular weight is 385 g/mol. The summed E-state index contributed by atoms with van der Waals surface area (Å²) in [7, 11) is 0. The molecule has 0 aromatic heterocycles. The molecule has 1 heterocycles. The summed E-state index contributed by atoms with van der Waals surface area (Å²) in [6.45, 7) is 1.05. The van der Waals surface area contributed by atoms with Crippen molar-refractivity contribution in [1.82, 2.24) is 5.43 Å². The van der Waals surface area contributed by atoms with Gasteiger partial charge in [0.15, 0.2) is 0 Å². The van der Waals surface area contributed by atoms with Crippen molar-refractivity contribution in [3.05, 3.63) is 11.6 Å². The molecular weight excluding hydrogens is 348 g/mol. The second kappa shape index (κ2) is 14.1. The van der Waals surface area contributed by atoms with E-state index in [2.05, 4.69) is 11.5 Å². The second-order valence-corrected chi connectivity index (χ2v) is 7.08. The highest BCUT2D eigenvalue weighted by molar-refractivity contribution is 8.93. The molecule has 0 aromatic rings. The maximum absolute atomic E-state index is 4.80. The maximum Gasteiger partial charge on any atom is 0.0631 e. The van der Waals surface area contributed by atoms with Crippen molar-refractivity contribution in [2.75, 3.05) is 6.54 Å². The van der Waals surface area contributed by atoms with Crippen LogP contribution < -0.4 is 5.43 Å². The monoisotopic (exact) mass is 384 g/mol. The van der Waals surface area contributed by atoms with Gasteiger partial charge < -0.3 is 5.43 Å². The second-order valence-electron chi connectivity index (χ2n) is 7.08. The number of allylic oxidation sites excluding steroid dienone is 2. The Balaban J connectivity index is 0.00000264. The standard InChI is InChI=1S/C20H36N2.BrH/c1-2-4-8-12-16-19(15-11-7-3-1)20-17-13-9-5-6-10-14-18-21-22-20;/h15,21H,1-14,16-18H2;1H/b19-15+,22-20-;. The first-order chi connectivity index (χ1) is 11.0. The Hall–Kier alpha value is -0.310. The van der Waals surface area contributed by atoms with Crippen LogP contribution in [0.4, 0.5) is 0 Å². The highest BCUT2D eigenvalue weighted by atomic mass is 79.9. The van der Waals surface area contributed by atoms with E-state index in [4.69, 9.17) is 5.10 Å². The topological polar surface area (TPSA) is 24.4 Å². The van der Waals surface area contributed by atoms with E-state index in [0.717, 1.165) is 6.54 Å². The van der Waals surface area contributed by atoms with Crippen molar-refractivity contribution >= 4 is 22.7 Å². The van der Waals surface area contributed by atoms with Gasteiger partial charge in [0, 0.05) is 6.54 Å². The number of hydrogen-bond acceptors (Lipinski definition) is 2. The van der Waals surface area contributed by atoms with E-state index < -0.39 is 0 Å². The molecule has 23 heavy (non-hydrogen) atoms. The summed E-state index contributed by atoms with van der Waals surface area (Å²) in [6.07, 6.45) is 24.2. The van der Waals surface area contributed by atoms with Crippen LogP contribution in [0.3, 0.4) is 0 Å². The van der Waals surface area contributed by atoms with E-state index in [1.165, 1.54) is 108 Å². The smallest absolute Gasteiger partial charge is 0.0631 e. The van der Waals surface area contributed by atoms with Gasteiger partial charge in [-0.25, -0.2) is 0 Å². The van der Waals surface area contributed by atoms with E-state index in [0.29, 0.717) is 0 Å². The van der Waals surface area contributed by atoms with Crippen molar-refractivity contribution in [3.8, 4) is 0 Å². The van der Waals surface area contributed by atoms with Gasteiger partial charge >= 0.3 is 0 Å². The number of rotatable bonds is 1. The summed E-state index contributed by atoms with van der Waals surface area (Å²) in [4.78, 5) is 0. The van der Waals surface area contributed by atoms with Crippen molar-refractivity contribution in [3.63, 3.8) is 0 Å². The van der Waals surface area contributed by atoms with Crippen LogP contribution in [0, 0.1) is 0 Å². The number of halogens is 1. The SMILES string of the molecule is Br.C1=C(/C2=N\NCCCCCCCC2)CCCCCCCCC/1. The van der Waals surface area contributed by atoms with E-state index >= 15 is 0 Å². The summed E-state index contributed by atoms with van der Waals surface area (Å²) in [6, 6.07) is 0. The predicted octanol–water partition coefficient (Wildman–Crippen LogP) is 6.71. The molecule has 2 rings (SSSR count). The Morgan fingerprint density at radius 3 is 1.96 bits per heavy atom. The lowest BCUT2D eigenvalue weighted by Crippen LogP contribution is -2.14. The first kappa shape index (κ1) is 20.7. The molecule has 0 bridgehead atoms. The fraction of sp³-hybridized carbons (Fsp3) is 0.850. The summed E-state index contributed by atoms with van der Waals surface area (Å²) in [5, 5.41) is 4.80. The summed E-state index contributed by atoms with van der Waals surface area (Å²) >= 11 is 0. The third kappa shape index (κ3) is 9.54. The molecule has 0 spiro atoms. The number of hydrazone groups is 1. The maximum atomic E-state index is 4.80. The van der Waals surface area contributed by atoms with Crippen molar-refractivity contribution in [2.45, 2.75) is 103 Å². The van der Waals surface area contributed by atoms with Crippen LogP contribution in [0.1, 0.15) is 103 Å². The van der Waals surface area contributed by atoms with Gasteiger partial charge in [-0.2, -0.15) is 5.10 Å². The first-order valence-electron chi connectivity index (χ1n) is 9.95. The normalized spacial score (nSPS) is 27.5. The molecule has 0 amide bonds. The van der Waals surface area contributed by atoms with Crippen LogP contribution in [0.2, 0.25) is 0 Å². The van der Waals surface area contributed by atoms with Crippen LogP contribution in [0.25, 0.3) is 0 Å². The Morgan fingerprint density at radius 2 is 1.22 bits per heavy atom. The molecule has 1 aliphatic heterocycles. The minimum Gasteiger partial charge on any atom is -0.310 e. The van der Waals surface area contributed by atoms with Crippen molar-refractivity contribution < 1.29 is 0 Å². The average Bonchev–Trinajstić information content (AvgIpc) is 2.64. The molecule has 3 heteroatoms. The molecule has 2 nitrogen and oxygen atoms in total. The van der Waals surface area contributed by atoms with Gasteiger partial charge in [0.1, 0.15) is 0 Å². The molecule has 0 fully saturated rings. The third-order valence-corrected chi connectivity index (χ3v) is 5.08. The minimum absolute atomic E-state index is 0. The zero-order chi connectivity index (χ0) is 15.3. The number of nitrogens with one attached hydrogen (secondary N) is 1. The van der Waals surface area contributed by atoms with E-state index in [-0.39, 0.29) is 17.0 Å². The van der Waals surface area contributed by atoms with Crippen molar-refractivity contribution in [2.24, 2.45) is 5.10 Å². The zero-order valence-corrected chi connectivity index (χ0v) is 16.7.